The zero-order valence-electron chi connectivity index (χ0n) is 16.0. The van der Waals surface area contributed by atoms with Gasteiger partial charge in [-0.3, -0.25) is 14.2 Å². The average molecular weight is 405 g/mol. The van der Waals surface area contributed by atoms with Crippen molar-refractivity contribution in [2.45, 2.75) is 38.5 Å². The van der Waals surface area contributed by atoms with Crippen LogP contribution in [0.2, 0.25) is 0 Å². The summed E-state index contributed by atoms with van der Waals surface area (Å²) in [6, 6.07) is 8.72. The molecule has 1 fully saturated rings. The fourth-order valence-electron chi connectivity index (χ4n) is 3.86. The van der Waals surface area contributed by atoms with Crippen LogP contribution < -0.4 is 0 Å². The molecular weight excluding hydrogens is 383 g/mol. The van der Waals surface area contributed by atoms with E-state index in [1.807, 2.05) is 35.9 Å². The van der Waals surface area contributed by atoms with Crippen molar-refractivity contribution in [2.24, 2.45) is 5.92 Å². The SMILES string of the molecule is CC(Cn1ncc2ccccc21)C(=O)N1CCC(n2ccc(C(F)(F)F)n2)CC1. The van der Waals surface area contributed by atoms with E-state index in [-0.39, 0.29) is 17.9 Å². The molecule has 0 aliphatic carbocycles. The number of aromatic nitrogens is 4. The second-order valence-corrected chi connectivity index (χ2v) is 7.52. The van der Waals surface area contributed by atoms with E-state index in [4.69, 9.17) is 0 Å². The van der Waals surface area contributed by atoms with Crippen LogP contribution in [0.1, 0.15) is 31.5 Å². The van der Waals surface area contributed by atoms with Gasteiger partial charge in [-0.2, -0.15) is 23.4 Å². The summed E-state index contributed by atoms with van der Waals surface area (Å²) in [4.78, 5) is 14.6. The fourth-order valence-corrected chi connectivity index (χ4v) is 3.86. The molecule has 0 spiro atoms. The van der Waals surface area contributed by atoms with Gasteiger partial charge in [-0.25, -0.2) is 0 Å². The quantitative estimate of drug-likeness (QED) is 0.664. The van der Waals surface area contributed by atoms with E-state index in [0.29, 0.717) is 32.5 Å². The normalized spacial score (nSPS) is 17.0. The molecular formula is C20H22F3N5O. The van der Waals surface area contributed by atoms with Crippen LogP contribution in [-0.4, -0.2) is 43.5 Å². The molecule has 3 heterocycles. The Labute approximate surface area is 165 Å². The molecule has 0 N–H and O–H groups in total. The minimum absolute atomic E-state index is 0.0412. The number of amides is 1. The molecule has 0 bridgehead atoms. The predicted octanol–water partition coefficient (Wildman–Crippen LogP) is 3.75. The third-order valence-corrected chi connectivity index (χ3v) is 5.47. The van der Waals surface area contributed by atoms with Crippen molar-refractivity contribution < 1.29 is 18.0 Å². The highest BCUT2D eigenvalue weighted by molar-refractivity contribution is 5.80. The number of hydrogen-bond donors (Lipinski definition) is 0. The molecule has 1 unspecified atom stereocenters. The van der Waals surface area contributed by atoms with Crippen molar-refractivity contribution in [3.8, 4) is 0 Å². The van der Waals surface area contributed by atoms with Crippen molar-refractivity contribution in [1.82, 2.24) is 24.5 Å². The van der Waals surface area contributed by atoms with Gasteiger partial charge in [0.05, 0.1) is 30.2 Å². The van der Waals surface area contributed by atoms with Crippen molar-refractivity contribution >= 4 is 16.8 Å². The summed E-state index contributed by atoms with van der Waals surface area (Å²) in [5, 5.41) is 9.08. The molecule has 1 atom stereocenters. The van der Waals surface area contributed by atoms with Gasteiger partial charge in [0.1, 0.15) is 0 Å². The van der Waals surface area contributed by atoms with Crippen molar-refractivity contribution in [3.05, 3.63) is 48.4 Å². The van der Waals surface area contributed by atoms with Gasteiger partial charge in [0.2, 0.25) is 5.91 Å². The molecule has 2 aromatic heterocycles. The second kappa shape index (κ2) is 7.53. The maximum Gasteiger partial charge on any atom is 0.435 e. The number of para-hydroxylation sites is 1. The van der Waals surface area contributed by atoms with Gasteiger partial charge in [0.15, 0.2) is 5.69 Å². The number of carbonyl (C=O) groups is 1. The fraction of sp³-hybridized carbons (Fsp3) is 0.450. The van der Waals surface area contributed by atoms with Crippen molar-refractivity contribution in [1.29, 1.82) is 0 Å². The number of halogens is 3. The standard InChI is InChI=1S/C20H22F3N5O/c1-14(13-28-17-5-3-2-4-15(17)12-24-28)19(29)26-9-6-16(7-10-26)27-11-8-18(25-27)20(21,22)23/h2-5,8,11-12,14,16H,6-7,9-10,13H2,1H3. The van der Waals surface area contributed by atoms with Crippen LogP contribution in [0, 0.1) is 5.92 Å². The first-order valence-corrected chi connectivity index (χ1v) is 9.64. The number of benzene rings is 1. The van der Waals surface area contributed by atoms with Gasteiger partial charge < -0.3 is 4.90 Å². The van der Waals surface area contributed by atoms with E-state index < -0.39 is 11.9 Å². The van der Waals surface area contributed by atoms with Gasteiger partial charge in [-0.15, -0.1) is 0 Å². The van der Waals surface area contributed by atoms with Crippen LogP contribution >= 0.6 is 0 Å². The molecule has 1 saturated heterocycles. The van der Waals surface area contributed by atoms with E-state index in [1.54, 1.807) is 11.1 Å². The highest BCUT2D eigenvalue weighted by Crippen LogP contribution is 2.30. The summed E-state index contributed by atoms with van der Waals surface area (Å²) in [6.45, 7) is 3.39. The Balaban J connectivity index is 1.35. The molecule has 0 saturated carbocycles. The predicted molar refractivity (Wildman–Crippen MR) is 101 cm³/mol. The van der Waals surface area contributed by atoms with Crippen LogP contribution in [0.3, 0.4) is 0 Å². The second-order valence-electron chi connectivity index (χ2n) is 7.52. The van der Waals surface area contributed by atoms with E-state index in [0.717, 1.165) is 17.0 Å². The Kier molecular flexibility index (Phi) is 5.06. The van der Waals surface area contributed by atoms with E-state index in [2.05, 4.69) is 10.2 Å². The molecule has 154 valence electrons. The zero-order chi connectivity index (χ0) is 20.6. The Bertz CT molecular complexity index is 1000. The summed E-state index contributed by atoms with van der Waals surface area (Å²) in [7, 11) is 0. The molecule has 1 aliphatic rings. The lowest BCUT2D eigenvalue weighted by Crippen LogP contribution is -2.42. The van der Waals surface area contributed by atoms with Gasteiger partial charge in [-0.1, -0.05) is 25.1 Å². The van der Waals surface area contributed by atoms with E-state index >= 15 is 0 Å². The average Bonchev–Trinajstić information content (AvgIpc) is 3.35. The highest BCUT2D eigenvalue weighted by Gasteiger charge is 2.35. The minimum Gasteiger partial charge on any atom is -0.342 e. The largest absolute Gasteiger partial charge is 0.435 e. The lowest BCUT2D eigenvalue weighted by molar-refractivity contribution is -0.141. The summed E-state index contributed by atoms with van der Waals surface area (Å²) < 4.78 is 41.4. The first-order chi connectivity index (χ1) is 13.8. The van der Waals surface area contributed by atoms with E-state index in [1.165, 1.54) is 10.9 Å². The highest BCUT2D eigenvalue weighted by atomic mass is 19.4. The van der Waals surface area contributed by atoms with E-state index in [9.17, 15) is 18.0 Å². The number of carbonyl (C=O) groups excluding carboxylic acids is 1. The molecule has 1 aliphatic heterocycles. The van der Waals surface area contributed by atoms with Crippen LogP contribution in [0.25, 0.3) is 10.9 Å². The molecule has 1 amide bonds. The smallest absolute Gasteiger partial charge is 0.342 e. The molecule has 0 radical (unpaired) electrons. The van der Waals surface area contributed by atoms with Gasteiger partial charge >= 0.3 is 6.18 Å². The first kappa shape index (κ1) is 19.5. The number of fused-ring (bicyclic) bond motifs is 1. The Hall–Kier alpha value is -2.84. The van der Waals surface area contributed by atoms with Crippen LogP contribution in [0.4, 0.5) is 13.2 Å². The van der Waals surface area contributed by atoms with Crippen molar-refractivity contribution in [3.63, 3.8) is 0 Å². The number of hydrogen-bond acceptors (Lipinski definition) is 3. The third kappa shape index (κ3) is 3.99. The zero-order valence-corrected chi connectivity index (χ0v) is 16.0. The molecule has 9 heteroatoms. The topological polar surface area (TPSA) is 56.0 Å². The lowest BCUT2D eigenvalue weighted by Gasteiger charge is -2.33. The number of rotatable bonds is 4. The molecule has 4 rings (SSSR count). The molecule has 1 aromatic carbocycles. The Morgan fingerprint density at radius 1 is 1.21 bits per heavy atom. The molecule has 29 heavy (non-hydrogen) atoms. The summed E-state index contributed by atoms with van der Waals surface area (Å²) >= 11 is 0. The molecule has 3 aromatic rings. The Morgan fingerprint density at radius 2 is 1.93 bits per heavy atom. The number of nitrogens with zero attached hydrogens (tertiary/aromatic N) is 5. The summed E-state index contributed by atoms with van der Waals surface area (Å²) in [5.41, 5.74) is 0.112. The summed E-state index contributed by atoms with van der Waals surface area (Å²) in [6.07, 6.45) is -0.105. The first-order valence-electron chi connectivity index (χ1n) is 9.64. The van der Waals surface area contributed by atoms with Crippen LogP contribution in [0.15, 0.2) is 42.7 Å². The minimum atomic E-state index is -4.44. The van der Waals surface area contributed by atoms with Gasteiger partial charge in [0.25, 0.3) is 0 Å². The van der Waals surface area contributed by atoms with Crippen LogP contribution in [0.5, 0.6) is 0 Å². The number of alkyl halides is 3. The molecule has 6 nitrogen and oxygen atoms in total. The lowest BCUT2D eigenvalue weighted by atomic mass is 10.0. The van der Waals surface area contributed by atoms with Crippen LogP contribution in [-0.2, 0) is 17.5 Å². The summed E-state index contributed by atoms with van der Waals surface area (Å²) in [5.74, 6) is -0.198. The maximum atomic E-state index is 12.9. The van der Waals surface area contributed by atoms with Gasteiger partial charge in [-0.05, 0) is 25.0 Å². The van der Waals surface area contributed by atoms with Gasteiger partial charge in [0, 0.05) is 24.7 Å². The Morgan fingerprint density at radius 3 is 2.62 bits per heavy atom. The monoisotopic (exact) mass is 405 g/mol. The number of likely N-dealkylation sites (tertiary alicyclic amines) is 1. The van der Waals surface area contributed by atoms with Crippen molar-refractivity contribution in [2.75, 3.05) is 13.1 Å². The number of piperidine rings is 1. The third-order valence-electron chi connectivity index (χ3n) is 5.47. The maximum absolute atomic E-state index is 12.9.